The van der Waals surface area contributed by atoms with Gasteiger partial charge in [0.1, 0.15) is 0 Å². The Morgan fingerprint density at radius 2 is 1.37 bits per heavy atom. The van der Waals surface area contributed by atoms with E-state index in [0.29, 0.717) is 11.5 Å². The summed E-state index contributed by atoms with van der Waals surface area (Å²) in [6.07, 6.45) is 17.4. The average molecular weight is 425 g/mol. The van der Waals surface area contributed by atoms with Gasteiger partial charge in [-0.05, 0) is 74.0 Å². The van der Waals surface area contributed by atoms with Crippen molar-refractivity contribution in [3.05, 3.63) is 35.1 Å². The molecule has 0 N–H and O–H groups in total. The molecule has 0 radical (unpaired) electrons. The molecule has 0 aliphatic heterocycles. The minimum absolute atomic E-state index is 0.0993. The van der Waals surface area contributed by atoms with Gasteiger partial charge < -0.3 is 4.74 Å². The highest BCUT2D eigenvalue weighted by Crippen LogP contribution is 2.37. The summed E-state index contributed by atoms with van der Waals surface area (Å²) in [7, 11) is 0. The number of rotatable bonds is 10. The molecule has 2 aliphatic carbocycles. The van der Waals surface area contributed by atoms with Crippen molar-refractivity contribution in [1.29, 1.82) is 0 Å². The molecule has 30 heavy (non-hydrogen) atoms. The third kappa shape index (κ3) is 7.00. The van der Waals surface area contributed by atoms with Gasteiger partial charge in [-0.25, -0.2) is 13.2 Å². The predicted molar refractivity (Wildman–Crippen MR) is 116 cm³/mol. The number of benzene rings is 1. The Labute approximate surface area is 180 Å². The van der Waals surface area contributed by atoms with Gasteiger partial charge in [0, 0.05) is 6.61 Å². The van der Waals surface area contributed by atoms with Crippen molar-refractivity contribution in [2.45, 2.75) is 109 Å². The smallest absolute Gasteiger partial charge is 0.194 e. The van der Waals surface area contributed by atoms with E-state index in [4.69, 9.17) is 4.74 Å². The maximum Gasteiger partial charge on any atom is 0.194 e. The van der Waals surface area contributed by atoms with Gasteiger partial charge in [-0.3, -0.25) is 0 Å². The molecule has 2 aliphatic rings. The molecule has 0 spiro atoms. The van der Waals surface area contributed by atoms with E-state index in [9.17, 15) is 13.2 Å². The maximum atomic E-state index is 13.5. The number of ether oxygens (including phenoxy) is 1. The monoisotopic (exact) mass is 424 g/mol. The van der Waals surface area contributed by atoms with E-state index in [-0.39, 0.29) is 12.0 Å². The summed E-state index contributed by atoms with van der Waals surface area (Å²) in [5, 5.41) is 0. The van der Waals surface area contributed by atoms with Crippen molar-refractivity contribution in [3.8, 4) is 0 Å². The maximum absolute atomic E-state index is 13.5. The van der Waals surface area contributed by atoms with Crippen LogP contribution < -0.4 is 0 Å². The molecule has 1 aromatic rings. The van der Waals surface area contributed by atoms with Crippen LogP contribution in [0.5, 0.6) is 0 Å². The summed E-state index contributed by atoms with van der Waals surface area (Å²) in [4.78, 5) is 0. The van der Waals surface area contributed by atoms with Crippen molar-refractivity contribution in [2.24, 2.45) is 11.8 Å². The third-order valence-corrected chi connectivity index (χ3v) is 7.40. The minimum Gasteiger partial charge on any atom is -0.378 e. The largest absolute Gasteiger partial charge is 0.378 e. The Morgan fingerprint density at radius 1 is 0.767 bits per heavy atom. The van der Waals surface area contributed by atoms with Crippen LogP contribution >= 0.6 is 0 Å². The Bertz CT molecular complexity index is 608. The second kappa shape index (κ2) is 12.1. The van der Waals surface area contributed by atoms with E-state index in [1.54, 1.807) is 0 Å². The summed E-state index contributed by atoms with van der Waals surface area (Å²) < 4.78 is 46.4. The third-order valence-electron chi connectivity index (χ3n) is 7.40. The predicted octanol–water partition coefficient (Wildman–Crippen LogP) is 8.31. The first-order chi connectivity index (χ1) is 14.6. The molecule has 2 fully saturated rings. The second-order valence-electron chi connectivity index (χ2n) is 9.70. The molecule has 0 unspecified atom stereocenters. The van der Waals surface area contributed by atoms with Crippen LogP contribution in [0.25, 0.3) is 0 Å². The first-order valence-corrected chi connectivity index (χ1v) is 12.3. The zero-order chi connectivity index (χ0) is 21.3. The first kappa shape index (κ1) is 23.6. The van der Waals surface area contributed by atoms with Gasteiger partial charge in [0.2, 0.25) is 0 Å². The number of hydrogen-bond donors (Lipinski definition) is 0. The van der Waals surface area contributed by atoms with Gasteiger partial charge in [0.15, 0.2) is 17.5 Å². The van der Waals surface area contributed by atoms with Crippen molar-refractivity contribution in [2.75, 3.05) is 6.61 Å². The van der Waals surface area contributed by atoms with Crippen molar-refractivity contribution >= 4 is 0 Å². The quantitative estimate of drug-likeness (QED) is 0.271. The van der Waals surface area contributed by atoms with Crippen LogP contribution in [0.3, 0.4) is 0 Å². The van der Waals surface area contributed by atoms with Gasteiger partial charge in [-0.2, -0.15) is 0 Å². The lowest BCUT2D eigenvalue weighted by Gasteiger charge is -2.32. The molecule has 3 rings (SSSR count). The summed E-state index contributed by atoms with van der Waals surface area (Å²) in [5.41, 5.74) is 0.581. The summed E-state index contributed by atoms with van der Waals surface area (Å²) >= 11 is 0. The van der Waals surface area contributed by atoms with E-state index in [2.05, 4.69) is 6.92 Å². The lowest BCUT2D eigenvalue weighted by atomic mass is 9.80. The van der Waals surface area contributed by atoms with Crippen LogP contribution in [0, 0.1) is 29.3 Å². The summed E-state index contributed by atoms with van der Waals surface area (Å²) in [5.74, 6) is -1.82. The first-order valence-electron chi connectivity index (χ1n) is 12.3. The van der Waals surface area contributed by atoms with Gasteiger partial charge in [0.05, 0.1) is 6.10 Å². The molecule has 4 heteroatoms. The normalized spacial score (nSPS) is 27.3. The van der Waals surface area contributed by atoms with Crippen LogP contribution in [-0.2, 0) is 4.74 Å². The molecule has 1 nitrogen and oxygen atoms in total. The molecule has 0 bridgehead atoms. The highest BCUT2D eigenvalue weighted by molar-refractivity contribution is 5.23. The molecule has 0 saturated heterocycles. The number of halogens is 3. The van der Waals surface area contributed by atoms with Crippen LogP contribution in [0.4, 0.5) is 13.2 Å². The van der Waals surface area contributed by atoms with Gasteiger partial charge in [-0.1, -0.05) is 58.3 Å². The van der Waals surface area contributed by atoms with Crippen molar-refractivity contribution < 1.29 is 17.9 Å². The molecular formula is C26H39F3O. The van der Waals surface area contributed by atoms with Crippen LogP contribution in [0.1, 0.15) is 108 Å². The van der Waals surface area contributed by atoms with Crippen LogP contribution in [0.2, 0.25) is 0 Å². The van der Waals surface area contributed by atoms with E-state index in [1.807, 2.05) is 0 Å². The summed E-state index contributed by atoms with van der Waals surface area (Å²) in [6.45, 7) is 3.13. The Kier molecular flexibility index (Phi) is 9.55. The van der Waals surface area contributed by atoms with E-state index < -0.39 is 17.5 Å². The molecule has 2 saturated carbocycles. The van der Waals surface area contributed by atoms with E-state index >= 15 is 0 Å². The lowest BCUT2D eigenvalue weighted by molar-refractivity contribution is -0.00486. The Balaban J connectivity index is 1.30. The Hall–Kier alpha value is -1.03. The van der Waals surface area contributed by atoms with E-state index in [0.717, 1.165) is 50.3 Å². The molecule has 1 aromatic carbocycles. The van der Waals surface area contributed by atoms with Gasteiger partial charge >= 0.3 is 0 Å². The minimum atomic E-state index is -1.37. The highest BCUT2D eigenvalue weighted by Gasteiger charge is 2.26. The second-order valence-corrected chi connectivity index (χ2v) is 9.70. The SMILES string of the molecule is CCCCCCCC1CCC(COC2CCC(c3cc(F)c(F)c(F)c3)CC2)CC1. The highest BCUT2D eigenvalue weighted by atomic mass is 19.2. The fourth-order valence-corrected chi connectivity index (χ4v) is 5.37. The standard InChI is InChI=1S/C26H39F3O/c1-2-3-4-5-6-7-19-8-10-20(11-9-19)18-30-23-14-12-21(13-15-23)22-16-24(27)26(29)25(28)17-22/h16-17,19-21,23H,2-15,18H2,1H3. The van der Waals surface area contributed by atoms with E-state index in [1.165, 1.54) is 64.2 Å². The molecule has 0 aromatic heterocycles. The molecule has 0 atom stereocenters. The molecule has 170 valence electrons. The topological polar surface area (TPSA) is 9.23 Å². The fraction of sp³-hybridized carbons (Fsp3) is 0.769. The van der Waals surface area contributed by atoms with Crippen LogP contribution in [0.15, 0.2) is 12.1 Å². The van der Waals surface area contributed by atoms with Crippen LogP contribution in [-0.4, -0.2) is 12.7 Å². The zero-order valence-corrected chi connectivity index (χ0v) is 18.6. The summed E-state index contributed by atoms with van der Waals surface area (Å²) in [6, 6.07) is 2.32. The average Bonchev–Trinajstić information content (AvgIpc) is 2.77. The number of hydrogen-bond acceptors (Lipinski definition) is 1. The molecular weight excluding hydrogens is 385 g/mol. The number of unbranched alkanes of at least 4 members (excludes halogenated alkanes) is 4. The fourth-order valence-electron chi connectivity index (χ4n) is 5.37. The van der Waals surface area contributed by atoms with Crippen molar-refractivity contribution in [3.63, 3.8) is 0 Å². The Morgan fingerprint density at radius 3 is 2.00 bits per heavy atom. The van der Waals surface area contributed by atoms with Crippen molar-refractivity contribution in [1.82, 2.24) is 0 Å². The molecule has 0 heterocycles. The van der Waals surface area contributed by atoms with Gasteiger partial charge in [-0.15, -0.1) is 0 Å². The lowest BCUT2D eigenvalue weighted by Crippen LogP contribution is -2.25. The van der Waals surface area contributed by atoms with Gasteiger partial charge in [0.25, 0.3) is 0 Å². The molecule has 0 amide bonds. The zero-order valence-electron chi connectivity index (χ0n) is 18.6.